The molecule has 172 valence electrons. The van der Waals surface area contributed by atoms with E-state index < -0.39 is 35.6 Å². The van der Waals surface area contributed by atoms with Gasteiger partial charge in [-0.3, -0.25) is 19.2 Å². The molecule has 33 heavy (non-hydrogen) atoms. The predicted octanol–water partition coefficient (Wildman–Crippen LogP) is 4.89. The van der Waals surface area contributed by atoms with E-state index in [0.717, 1.165) is 10.0 Å². The van der Waals surface area contributed by atoms with Crippen LogP contribution in [-0.4, -0.2) is 49.2 Å². The summed E-state index contributed by atoms with van der Waals surface area (Å²) in [7, 11) is 0. The standard InChI is InChI=1S/C24H21Br2ClN2O4/c1-13(21(30)14-7-3-2-4-8-14)28(22(31)15-9-5-6-10-20(15)27)29-23(32)16-11-18(25)19(26)12-17(16)24(29)33/h2-10,13,16-19H,11-12H2,1H3/t13-,16-,17+,18+,19-/m1/s1. The van der Waals surface area contributed by atoms with Crippen molar-refractivity contribution < 1.29 is 19.2 Å². The number of alkyl halides is 2. The quantitative estimate of drug-likeness (QED) is 0.280. The first-order chi connectivity index (χ1) is 15.7. The molecule has 0 unspecified atom stereocenters. The van der Waals surface area contributed by atoms with Crippen molar-refractivity contribution in [1.82, 2.24) is 10.0 Å². The summed E-state index contributed by atoms with van der Waals surface area (Å²) >= 11 is 13.4. The second-order valence-corrected chi connectivity index (χ2v) is 11.0. The summed E-state index contributed by atoms with van der Waals surface area (Å²) in [6.07, 6.45) is 0.910. The number of carbonyl (C=O) groups is 4. The summed E-state index contributed by atoms with van der Waals surface area (Å²) in [5, 5.41) is 2.05. The van der Waals surface area contributed by atoms with Crippen molar-refractivity contribution in [2.45, 2.75) is 35.5 Å². The van der Waals surface area contributed by atoms with Gasteiger partial charge in [0.05, 0.1) is 22.4 Å². The Labute approximate surface area is 213 Å². The van der Waals surface area contributed by atoms with E-state index in [1.807, 2.05) is 0 Å². The third-order valence-corrected chi connectivity index (χ3v) is 9.28. The molecule has 0 radical (unpaired) electrons. The second-order valence-electron chi connectivity index (χ2n) is 8.24. The summed E-state index contributed by atoms with van der Waals surface area (Å²) < 4.78 is 0. The Bertz CT molecular complexity index is 1080. The van der Waals surface area contributed by atoms with E-state index in [2.05, 4.69) is 31.9 Å². The molecule has 0 N–H and O–H groups in total. The van der Waals surface area contributed by atoms with Gasteiger partial charge in [-0.15, -0.1) is 0 Å². The number of hydrogen-bond donors (Lipinski definition) is 0. The average molecular weight is 597 g/mol. The van der Waals surface area contributed by atoms with Gasteiger partial charge >= 0.3 is 0 Å². The molecule has 2 fully saturated rings. The number of Topliss-reactive ketones (excluding diaryl/α,β-unsaturated/α-hetero) is 1. The van der Waals surface area contributed by atoms with Crippen LogP contribution in [0.4, 0.5) is 0 Å². The van der Waals surface area contributed by atoms with Gasteiger partial charge in [0.2, 0.25) is 0 Å². The molecule has 4 rings (SSSR count). The van der Waals surface area contributed by atoms with Crippen LogP contribution in [0, 0.1) is 11.8 Å². The molecule has 2 aliphatic rings. The smallest absolute Gasteiger partial charge is 0.275 e. The van der Waals surface area contributed by atoms with Crippen molar-refractivity contribution in [2.24, 2.45) is 11.8 Å². The number of ketones is 1. The van der Waals surface area contributed by atoms with Crippen molar-refractivity contribution in [3.8, 4) is 0 Å². The highest BCUT2D eigenvalue weighted by Gasteiger charge is 2.55. The van der Waals surface area contributed by atoms with Crippen molar-refractivity contribution in [2.75, 3.05) is 0 Å². The van der Waals surface area contributed by atoms with E-state index in [-0.39, 0.29) is 26.0 Å². The molecule has 1 aliphatic carbocycles. The molecule has 1 saturated carbocycles. The van der Waals surface area contributed by atoms with E-state index in [9.17, 15) is 19.2 Å². The highest BCUT2D eigenvalue weighted by Crippen LogP contribution is 2.44. The molecule has 1 aliphatic heterocycles. The van der Waals surface area contributed by atoms with Crippen molar-refractivity contribution in [3.63, 3.8) is 0 Å². The minimum atomic E-state index is -1.11. The van der Waals surface area contributed by atoms with Crippen LogP contribution in [0.1, 0.15) is 40.5 Å². The number of rotatable bonds is 5. The molecule has 2 aromatic carbocycles. The maximum Gasteiger partial charge on any atom is 0.275 e. The Balaban J connectivity index is 1.77. The Hall–Kier alpha value is -2.03. The summed E-state index contributed by atoms with van der Waals surface area (Å²) in [5.41, 5.74) is 0.485. The molecular formula is C24H21Br2ClN2O4. The number of benzene rings is 2. The van der Waals surface area contributed by atoms with Gasteiger partial charge in [0.1, 0.15) is 6.04 Å². The van der Waals surface area contributed by atoms with Gasteiger partial charge < -0.3 is 0 Å². The first-order valence-electron chi connectivity index (χ1n) is 10.6. The topological polar surface area (TPSA) is 74.8 Å². The van der Waals surface area contributed by atoms with Gasteiger partial charge in [-0.2, -0.15) is 5.01 Å². The van der Waals surface area contributed by atoms with Gasteiger partial charge in [-0.05, 0) is 31.9 Å². The summed E-state index contributed by atoms with van der Waals surface area (Å²) in [6, 6.07) is 13.7. The number of amides is 3. The highest BCUT2D eigenvalue weighted by atomic mass is 79.9. The summed E-state index contributed by atoms with van der Waals surface area (Å²) in [5.74, 6) is -3.12. The molecule has 2 aromatic rings. The molecule has 1 heterocycles. The van der Waals surface area contributed by atoms with E-state index in [4.69, 9.17) is 11.6 Å². The second kappa shape index (κ2) is 9.68. The number of halogens is 3. The van der Waals surface area contributed by atoms with E-state index >= 15 is 0 Å². The lowest BCUT2D eigenvalue weighted by Crippen LogP contribution is -2.56. The van der Waals surface area contributed by atoms with Gasteiger partial charge in [-0.1, -0.05) is 85.9 Å². The van der Waals surface area contributed by atoms with Crippen LogP contribution in [0.25, 0.3) is 0 Å². The number of hydrogen-bond acceptors (Lipinski definition) is 4. The molecule has 0 aromatic heterocycles. The van der Waals surface area contributed by atoms with Crippen LogP contribution >= 0.6 is 43.5 Å². The lowest BCUT2D eigenvalue weighted by Gasteiger charge is -2.35. The molecule has 3 amide bonds. The maximum atomic E-state index is 13.7. The highest BCUT2D eigenvalue weighted by molar-refractivity contribution is 9.12. The van der Waals surface area contributed by atoms with Crippen LogP contribution in [-0.2, 0) is 9.59 Å². The number of hydrazine groups is 1. The Morgan fingerprint density at radius 2 is 1.45 bits per heavy atom. The minimum absolute atomic E-state index is 0.0199. The molecule has 0 spiro atoms. The number of carbonyl (C=O) groups excluding carboxylic acids is 4. The Morgan fingerprint density at radius 1 is 0.939 bits per heavy atom. The van der Waals surface area contributed by atoms with Gasteiger partial charge in [0.15, 0.2) is 5.78 Å². The first-order valence-corrected chi connectivity index (χ1v) is 12.8. The average Bonchev–Trinajstić information content (AvgIpc) is 3.04. The molecule has 0 bridgehead atoms. The third kappa shape index (κ3) is 4.40. The summed E-state index contributed by atoms with van der Waals surface area (Å²) in [4.78, 5) is 53.9. The molecule has 6 nitrogen and oxygen atoms in total. The van der Waals surface area contributed by atoms with Crippen LogP contribution in [0.15, 0.2) is 54.6 Å². The molecule has 5 atom stereocenters. The first kappa shape index (κ1) is 24.1. The van der Waals surface area contributed by atoms with Crippen LogP contribution in [0.3, 0.4) is 0 Å². The number of imide groups is 1. The fourth-order valence-corrected chi connectivity index (χ4v) is 5.90. The van der Waals surface area contributed by atoms with Gasteiger partial charge in [-0.25, -0.2) is 5.01 Å². The lowest BCUT2D eigenvalue weighted by atomic mass is 9.81. The largest absolute Gasteiger partial charge is 0.292 e. The zero-order valence-corrected chi connectivity index (χ0v) is 21.6. The minimum Gasteiger partial charge on any atom is -0.292 e. The van der Waals surface area contributed by atoms with Crippen molar-refractivity contribution in [1.29, 1.82) is 0 Å². The molecule has 9 heteroatoms. The molecular weight excluding hydrogens is 576 g/mol. The zero-order valence-electron chi connectivity index (χ0n) is 17.7. The van der Waals surface area contributed by atoms with Gasteiger partial charge in [0.25, 0.3) is 17.7 Å². The van der Waals surface area contributed by atoms with Crippen molar-refractivity contribution in [3.05, 3.63) is 70.7 Å². The zero-order chi connectivity index (χ0) is 23.9. The van der Waals surface area contributed by atoms with E-state index in [1.165, 1.54) is 13.0 Å². The van der Waals surface area contributed by atoms with Crippen molar-refractivity contribution >= 4 is 67.0 Å². The summed E-state index contributed by atoms with van der Waals surface area (Å²) in [6.45, 7) is 1.52. The third-order valence-electron chi connectivity index (χ3n) is 6.22. The maximum absolute atomic E-state index is 13.7. The normalized spacial score (nSPS) is 25.5. The fourth-order valence-electron chi connectivity index (χ4n) is 4.44. The molecule has 1 saturated heterocycles. The van der Waals surface area contributed by atoms with E-state index in [0.29, 0.717) is 18.4 Å². The Morgan fingerprint density at radius 3 is 2.00 bits per heavy atom. The monoisotopic (exact) mass is 594 g/mol. The van der Waals surface area contributed by atoms with Gasteiger partial charge in [0, 0.05) is 15.2 Å². The number of nitrogens with zero attached hydrogens (tertiary/aromatic N) is 2. The fraction of sp³-hybridized carbons (Fsp3) is 0.333. The lowest BCUT2D eigenvalue weighted by molar-refractivity contribution is -0.156. The Kier molecular flexibility index (Phi) is 7.07. The predicted molar refractivity (Wildman–Crippen MR) is 131 cm³/mol. The van der Waals surface area contributed by atoms with E-state index in [1.54, 1.807) is 48.5 Å². The number of fused-ring (bicyclic) bond motifs is 1. The van der Waals surface area contributed by atoms with Crippen LogP contribution in [0.5, 0.6) is 0 Å². The van der Waals surface area contributed by atoms with Crippen LogP contribution in [0.2, 0.25) is 5.02 Å². The van der Waals surface area contributed by atoms with Crippen LogP contribution < -0.4 is 0 Å². The SMILES string of the molecule is C[C@H](C(=O)c1ccccc1)N(C(=O)c1ccccc1Cl)N1C(=O)[C@H]2C[C@@H](Br)[C@@H](Br)C[C@H]2C1=O.